The van der Waals surface area contributed by atoms with Crippen molar-refractivity contribution >= 4 is 28.9 Å². The van der Waals surface area contributed by atoms with E-state index in [1.165, 1.54) is 55.1 Å². The van der Waals surface area contributed by atoms with Crippen LogP contribution in [0, 0.1) is 19.7 Å². The molecule has 2 aliphatic rings. The van der Waals surface area contributed by atoms with E-state index in [0.717, 1.165) is 5.69 Å². The van der Waals surface area contributed by atoms with Crippen LogP contribution in [0.2, 0.25) is 0 Å². The van der Waals surface area contributed by atoms with E-state index in [-0.39, 0.29) is 30.1 Å². The summed E-state index contributed by atoms with van der Waals surface area (Å²) < 4.78 is 16.6. The fourth-order valence-electron chi connectivity index (χ4n) is 5.99. The molecule has 1 saturated carbocycles. The second-order valence-corrected chi connectivity index (χ2v) is 10.5. The Morgan fingerprint density at radius 1 is 1.14 bits per heavy atom. The summed E-state index contributed by atoms with van der Waals surface area (Å²) in [6, 6.07) is 14.7. The molecule has 0 spiro atoms. The topological polar surface area (TPSA) is 62.2 Å². The van der Waals surface area contributed by atoms with Crippen molar-refractivity contribution < 1.29 is 9.18 Å². The minimum absolute atomic E-state index is 0.104. The standard InChI is InChI=1S/C29H34FN5OS/c1-19-18-22(20(2)35(19)21-10-4-3-5-11-21)28-27(25-14-8-9-16-31-25)33-29(37)34(28)17-15-26(36)32-24-13-7-6-12-23(24)30/h6-9,12-14,16,18,21,27-28H,3-5,10-11,15,17H2,1-2H3,(H,32,36)(H,33,37). The Morgan fingerprint density at radius 3 is 2.62 bits per heavy atom. The molecule has 0 radical (unpaired) electrons. The maximum Gasteiger partial charge on any atom is 0.226 e. The lowest BCUT2D eigenvalue weighted by molar-refractivity contribution is -0.116. The Bertz CT molecular complexity index is 1270. The summed E-state index contributed by atoms with van der Waals surface area (Å²) in [7, 11) is 0. The van der Waals surface area contributed by atoms with Crippen LogP contribution in [0.25, 0.3) is 0 Å². The van der Waals surface area contributed by atoms with Gasteiger partial charge in [0.25, 0.3) is 0 Å². The molecule has 1 amide bonds. The Balaban J connectivity index is 1.43. The number of nitrogens with zero attached hydrogens (tertiary/aromatic N) is 3. The Labute approximate surface area is 223 Å². The zero-order valence-corrected chi connectivity index (χ0v) is 22.2. The molecule has 2 aromatic heterocycles. The van der Waals surface area contributed by atoms with Gasteiger partial charge in [-0.05, 0) is 74.8 Å². The third kappa shape index (κ3) is 5.25. The van der Waals surface area contributed by atoms with Crippen molar-refractivity contribution in [1.29, 1.82) is 0 Å². The van der Waals surface area contributed by atoms with Crippen LogP contribution in [0.4, 0.5) is 10.1 Å². The van der Waals surface area contributed by atoms with Gasteiger partial charge in [-0.2, -0.15) is 0 Å². The maximum absolute atomic E-state index is 14.0. The van der Waals surface area contributed by atoms with Crippen molar-refractivity contribution in [2.24, 2.45) is 0 Å². The molecule has 1 aromatic carbocycles. The molecule has 2 unspecified atom stereocenters. The van der Waals surface area contributed by atoms with Gasteiger partial charge < -0.3 is 20.1 Å². The van der Waals surface area contributed by atoms with Crippen molar-refractivity contribution in [3.8, 4) is 0 Å². The van der Waals surface area contributed by atoms with Gasteiger partial charge >= 0.3 is 0 Å². The molecule has 3 aromatic rings. The Morgan fingerprint density at radius 2 is 1.89 bits per heavy atom. The highest BCUT2D eigenvalue weighted by Gasteiger charge is 2.41. The first-order chi connectivity index (χ1) is 17.9. The Kier molecular flexibility index (Phi) is 7.55. The lowest BCUT2D eigenvalue weighted by atomic mass is 9.94. The van der Waals surface area contributed by atoms with E-state index in [2.05, 4.69) is 45.0 Å². The largest absolute Gasteiger partial charge is 0.352 e. The first-order valence-electron chi connectivity index (χ1n) is 13.1. The number of halogens is 1. The highest BCUT2D eigenvalue weighted by molar-refractivity contribution is 7.80. The van der Waals surface area contributed by atoms with Crippen LogP contribution in [-0.4, -0.2) is 32.0 Å². The summed E-state index contributed by atoms with van der Waals surface area (Å²) in [6.45, 7) is 4.80. The van der Waals surface area contributed by atoms with Crippen LogP contribution in [0.1, 0.15) is 79.3 Å². The third-order valence-corrected chi connectivity index (χ3v) is 8.06. The third-order valence-electron chi connectivity index (χ3n) is 7.71. The summed E-state index contributed by atoms with van der Waals surface area (Å²) in [4.78, 5) is 19.5. The van der Waals surface area contributed by atoms with Gasteiger partial charge in [0.1, 0.15) is 5.82 Å². The molecule has 1 saturated heterocycles. The fourth-order valence-corrected chi connectivity index (χ4v) is 6.32. The molecule has 3 heterocycles. The average Bonchev–Trinajstić information content (AvgIpc) is 3.39. The van der Waals surface area contributed by atoms with Crippen LogP contribution in [0.3, 0.4) is 0 Å². The van der Waals surface area contributed by atoms with Crippen molar-refractivity contribution in [1.82, 2.24) is 19.8 Å². The highest BCUT2D eigenvalue weighted by Crippen LogP contribution is 2.42. The van der Waals surface area contributed by atoms with Crippen molar-refractivity contribution in [2.45, 2.75) is 70.5 Å². The highest BCUT2D eigenvalue weighted by atomic mass is 32.1. The van der Waals surface area contributed by atoms with E-state index in [0.29, 0.717) is 17.7 Å². The quantitative estimate of drug-likeness (QED) is 0.367. The summed E-state index contributed by atoms with van der Waals surface area (Å²) in [6.07, 6.45) is 8.25. The van der Waals surface area contributed by atoms with E-state index in [9.17, 15) is 9.18 Å². The number of thiocarbonyl (C=S) groups is 1. The number of hydrogen-bond donors (Lipinski definition) is 2. The maximum atomic E-state index is 14.0. The smallest absolute Gasteiger partial charge is 0.226 e. The van der Waals surface area contributed by atoms with Crippen LogP contribution in [0.15, 0.2) is 54.7 Å². The van der Waals surface area contributed by atoms with Crippen LogP contribution >= 0.6 is 12.2 Å². The summed E-state index contributed by atoms with van der Waals surface area (Å²) in [5.41, 5.74) is 4.82. The zero-order valence-electron chi connectivity index (χ0n) is 21.4. The van der Waals surface area contributed by atoms with Gasteiger partial charge in [0, 0.05) is 36.6 Å². The number of rotatable bonds is 7. The first kappa shape index (κ1) is 25.4. The van der Waals surface area contributed by atoms with Gasteiger partial charge in [-0.3, -0.25) is 9.78 Å². The monoisotopic (exact) mass is 519 g/mol. The van der Waals surface area contributed by atoms with Gasteiger partial charge in [-0.15, -0.1) is 0 Å². The first-order valence-corrected chi connectivity index (χ1v) is 13.6. The number of benzene rings is 1. The molecule has 1 aliphatic heterocycles. The van der Waals surface area contributed by atoms with Crippen LogP contribution in [0.5, 0.6) is 0 Å². The predicted octanol–water partition coefficient (Wildman–Crippen LogP) is 6.15. The van der Waals surface area contributed by atoms with Crippen molar-refractivity contribution in [3.63, 3.8) is 0 Å². The lowest BCUT2D eigenvalue weighted by Gasteiger charge is -2.29. The van der Waals surface area contributed by atoms with Crippen molar-refractivity contribution in [2.75, 3.05) is 11.9 Å². The minimum atomic E-state index is -0.447. The minimum Gasteiger partial charge on any atom is -0.352 e. The molecule has 0 bridgehead atoms. The fraction of sp³-hybridized carbons (Fsp3) is 0.414. The predicted molar refractivity (Wildman–Crippen MR) is 148 cm³/mol. The molecule has 8 heteroatoms. The number of amides is 1. The number of aryl methyl sites for hydroxylation is 1. The van der Waals surface area contributed by atoms with E-state index < -0.39 is 5.82 Å². The molecule has 1 aliphatic carbocycles. The van der Waals surface area contributed by atoms with E-state index in [1.807, 2.05) is 18.2 Å². The second-order valence-electron chi connectivity index (χ2n) is 10.1. The molecular formula is C29H34FN5OS. The zero-order chi connectivity index (χ0) is 25.9. The van der Waals surface area contributed by atoms with Gasteiger partial charge in [0.15, 0.2) is 5.11 Å². The van der Waals surface area contributed by atoms with Gasteiger partial charge in [-0.1, -0.05) is 37.5 Å². The summed E-state index contributed by atoms with van der Waals surface area (Å²) in [5, 5.41) is 6.77. The molecule has 6 nitrogen and oxygen atoms in total. The number of nitrogens with one attached hydrogen (secondary N) is 2. The summed E-state index contributed by atoms with van der Waals surface area (Å²) >= 11 is 5.79. The SMILES string of the molecule is Cc1cc(C2C(c3ccccn3)NC(=S)N2CCC(=O)Nc2ccccc2F)c(C)n1C1CCCCC1. The number of aromatic nitrogens is 2. The normalized spacial score (nSPS) is 20.2. The molecule has 5 rings (SSSR count). The van der Waals surface area contributed by atoms with Gasteiger partial charge in [0.05, 0.1) is 23.5 Å². The van der Waals surface area contributed by atoms with Crippen molar-refractivity contribution in [3.05, 3.63) is 83.2 Å². The molecular weight excluding hydrogens is 485 g/mol. The van der Waals surface area contributed by atoms with E-state index >= 15 is 0 Å². The van der Waals surface area contributed by atoms with Gasteiger partial charge in [0.2, 0.25) is 5.91 Å². The number of pyridine rings is 1. The van der Waals surface area contributed by atoms with E-state index in [4.69, 9.17) is 12.2 Å². The number of para-hydroxylation sites is 1. The number of anilines is 1. The number of carbonyl (C=O) groups is 1. The molecule has 37 heavy (non-hydrogen) atoms. The number of hydrogen-bond acceptors (Lipinski definition) is 3. The molecule has 2 N–H and O–H groups in total. The Hall–Kier alpha value is -3.26. The van der Waals surface area contributed by atoms with Gasteiger partial charge in [-0.25, -0.2) is 4.39 Å². The molecule has 2 fully saturated rings. The van der Waals surface area contributed by atoms with Crippen LogP contribution in [-0.2, 0) is 4.79 Å². The lowest BCUT2D eigenvalue weighted by Crippen LogP contribution is -2.33. The van der Waals surface area contributed by atoms with E-state index in [1.54, 1.807) is 24.4 Å². The number of carbonyl (C=O) groups excluding carboxylic acids is 1. The molecule has 194 valence electrons. The van der Waals surface area contributed by atoms with Crippen LogP contribution < -0.4 is 10.6 Å². The average molecular weight is 520 g/mol. The summed E-state index contributed by atoms with van der Waals surface area (Å²) in [5.74, 6) is -0.696. The second kappa shape index (κ2) is 11.0. The molecule has 2 atom stereocenters.